The number of methoxy groups -OCH3 is 1. The van der Waals surface area contributed by atoms with Gasteiger partial charge in [0.15, 0.2) is 0 Å². The van der Waals surface area contributed by atoms with Gasteiger partial charge in [0, 0.05) is 61.5 Å². The molecule has 2 amide bonds. The normalized spacial score (nSPS) is 21.9. The van der Waals surface area contributed by atoms with Crippen molar-refractivity contribution >= 4 is 23.2 Å². The number of anilines is 2. The number of aromatic nitrogens is 1. The molecule has 0 unspecified atom stereocenters. The van der Waals surface area contributed by atoms with Gasteiger partial charge in [0.1, 0.15) is 5.75 Å². The van der Waals surface area contributed by atoms with E-state index in [-0.39, 0.29) is 23.3 Å². The summed E-state index contributed by atoms with van der Waals surface area (Å²) in [5, 5.41) is 3.12. The molecule has 6 rings (SSSR count). The lowest BCUT2D eigenvalue weighted by Gasteiger charge is -2.44. The van der Waals surface area contributed by atoms with Crippen molar-refractivity contribution in [1.29, 1.82) is 0 Å². The summed E-state index contributed by atoms with van der Waals surface area (Å²) in [6.45, 7) is 5.90. The van der Waals surface area contributed by atoms with Crippen LogP contribution in [0.25, 0.3) is 0 Å². The number of fused-ring (bicyclic) bond motifs is 4. The summed E-state index contributed by atoms with van der Waals surface area (Å²) >= 11 is 0. The SMILES string of the molecule is COc1ccc(C(=O)Nc2cc(C(=O)N3CCC[C@@H](C)C3)ccc2N2C[C@H]3C[C@@H](C2)c2cccc(=O)n2C3)cc1. The Labute approximate surface area is 234 Å². The van der Waals surface area contributed by atoms with E-state index in [0.717, 1.165) is 56.8 Å². The smallest absolute Gasteiger partial charge is 0.255 e. The molecule has 2 aromatic carbocycles. The maximum Gasteiger partial charge on any atom is 0.255 e. The number of nitrogens with one attached hydrogen (secondary N) is 1. The van der Waals surface area contributed by atoms with Crippen molar-refractivity contribution in [2.75, 3.05) is 43.5 Å². The summed E-state index contributed by atoms with van der Waals surface area (Å²) in [5.41, 5.74) is 3.74. The lowest BCUT2D eigenvalue weighted by atomic mass is 9.83. The monoisotopic (exact) mass is 540 g/mol. The molecule has 2 fully saturated rings. The van der Waals surface area contributed by atoms with Crippen LogP contribution in [-0.4, -0.2) is 54.6 Å². The Kier molecular flexibility index (Phi) is 7.09. The van der Waals surface area contributed by atoms with Gasteiger partial charge in [0.2, 0.25) is 0 Å². The van der Waals surface area contributed by atoms with E-state index < -0.39 is 0 Å². The molecule has 1 N–H and O–H groups in total. The van der Waals surface area contributed by atoms with Crippen molar-refractivity contribution in [3.63, 3.8) is 0 Å². The van der Waals surface area contributed by atoms with Crippen LogP contribution in [0.1, 0.15) is 58.5 Å². The average Bonchev–Trinajstić information content (AvgIpc) is 2.97. The third-order valence-corrected chi connectivity index (χ3v) is 8.61. The van der Waals surface area contributed by atoms with Crippen LogP contribution in [0.2, 0.25) is 0 Å². The molecule has 3 aliphatic heterocycles. The highest BCUT2D eigenvalue weighted by Gasteiger charge is 2.35. The van der Waals surface area contributed by atoms with E-state index in [1.807, 2.05) is 33.7 Å². The average molecular weight is 541 g/mol. The van der Waals surface area contributed by atoms with Crippen LogP contribution in [0.15, 0.2) is 65.5 Å². The Hall–Kier alpha value is -4.07. The predicted molar refractivity (Wildman–Crippen MR) is 155 cm³/mol. The fourth-order valence-electron chi connectivity index (χ4n) is 6.63. The second kappa shape index (κ2) is 10.8. The van der Waals surface area contributed by atoms with Crippen molar-refractivity contribution in [2.24, 2.45) is 11.8 Å². The van der Waals surface area contributed by atoms with Gasteiger partial charge < -0.3 is 24.4 Å². The Morgan fingerprint density at radius 1 is 0.950 bits per heavy atom. The minimum absolute atomic E-state index is 0.00172. The molecular formula is C32H36N4O4. The Morgan fingerprint density at radius 2 is 1.75 bits per heavy atom. The van der Waals surface area contributed by atoms with Crippen LogP contribution < -0.4 is 20.5 Å². The van der Waals surface area contributed by atoms with E-state index in [4.69, 9.17) is 4.74 Å². The maximum atomic E-state index is 13.5. The fourth-order valence-corrected chi connectivity index (χ4v) is 6.63. The molecule has 0 aliphatic carbocycles. The van der Waals surface area contributed by atoms with E-state index in [9.17, 15) is 14.4 Å². The van der Waals surface area contributed by atoms with Gasteiger partial charge in [-0.25, -0.2) is 0 Å². The summed E-state index contributed by atoms with van der Waals surface area (Å²) in [4.78, 5) is 43.6. The van der Waals surface area contributed by atoms with E-state index in [0.29, 0.717) is 40.9 Å². The summed E-state index contributed by atoms with van der Waals surface area (Å²) < 4.78 is 7.16. The van der Waals surface area contributed by atoms with Crippen LogP contribution in [0, 0.1) is 11.8 Å². The first-order valence-corrected chi connectivity index (χ1v) is 14.2. The molecule has 1 aromatic heterocycles. The largest absolute Gasteiger partial charge is 0.497 e. The molecule has 4 heterocycles. The first kappa shape index (κ1) is 26.2. The number of piperidine rings is 2. The van der Waals surface area contributed by atoms with Crippen LogP contribution in [-0.2, 0) is 6.54 Å². The molecule has 2 saturated heterocycles. The van der Waals surface area contributed by atoms with Gasteiger partial charge in [-0.15, -0.1) is 0 Å². The van der Waals surface area contributed by atoms with Crippen molar-refractivity contribution in [1.82, 2.24) is 9.47 Å². The third-order valence-electron chi connectivity index (χ3n) is 8.61. The second-order valence-electron chi connectivity index (χ2n) is 11.5. The highest BCUT2D eigenvalue weighted by atomic mass is 16.5. The van der Waals surface area contributed by atoms with Gasteiger partial charge in [-0.1, -0.05) is 13.0 Å². The first-order valence-electron chi connectivity index (χ1n) is 14.2. The number of carbonyl (C=O) groups is 2. The van der Waals surface area contributed by atoms with Crippen molar-refractivity contribution in [3.8, 4) is 5.75 Å². The maximum absolute atomic E-state index is 13.5. The topological polar surface area (TPSA) is 83.9 Å². The van der Waals surface area contributed by atoms with Gasteiger partial charge in [0.05, 0.1) is 18.5 Å². The fraction of sp³-hybridized carbons (Fsp3) is 0.406. The third kappa shape index (κ3) is 5.10. The van der Waals surface area contributed by atoms with Crippen LogP contribution in [0.3, 0.4) is 0 Å². The molecule has 8 nitrogen and oxygen atoms in total. The molecule has 3 aromatic rings. The number of ether oxygens (including phenoxy) is 1. The van der Waals surface area contributed by atoms with Crippen molar-refractivity contribution < 1.29 is 14.3 Å². The molecule has 208 valence electrons. The highest BCUT2D eigenvalue weighted by molar-refractivity contribution is 6.07. The Balaban J connectivity index is 1.32. The summed E-state index contributed by atoms with van der Waals surface area (Å²) in [5.74, 6) is 1.47. The minimum Gasteiger partial charge on any atom is -0.497 e. The standard InChI is InChI=1S/C32H36N4O4/c1-21-5-4-14-34(17-21)32(39)24-10-13-29(27(16-24)33-31(38)23-8-11-26(40-2)12-9-23)35-18-22-15-25(20-35)28-6-3-7-30(37)36(28)19-22/h3,6-13,16,21-22,25H,4-5,14-15,17-20H2,1-2H3,(H,33,38)/t21-,22-,25+/m1/s1. The first-order chi connectivity index (χ1) is 19.4. The van der Waals surface area contributed by atoms with Crippen molar-refractivity contribution in [3.05, 3.63) is 87.8 Å². The van der Waals surface area contributed by atoms with E-state index in [1.165, 1.54) is 0 Å². The number of hydrogen-bond acceptors (Lipinski definition) is 5. The molecular weight excluding hydrogens is 504 g/mol. The number of hydrogen-bond donors (Lipinski definition) is 1. The minimum atomic E-state index is -0.241. The molecule has 40 heavy (non-hydrogen) atoms. The number of likely N-dealkylation sites (tertiary alicyclic amines) is 1. The molecule has 0 radical (unpaired) electrons. The van der Waals surface area contributed by atoms with E-state index in [2.05, 4.69) is 23.2 Å². The molecule has 3 aliphatic rings. The van der Waals surface area contributed by atoms with Crippen LogP contribution in [0.5, 0.6) is 5.75 Å². The van der Waals surface area contributed by atoms with Crippen LogP contribution in [0.4, 0.5) is 11.4 Å². The van der Waals surface area contributed by atoms with Crippen LogP contribution >= 0.6 is 0 Å². The molecule has 2 bridgehead atoms. The van der Waals surface area contributed by atoms with E-state index in [1.54, 1.807) is 37.4 Å². The van der Waals surface area contributed by atoms with Gasteiger partial charge >= 0.3 is 0 Å². The zero-order valence-corrected chi connectivity index (χ0v) is 23.1. The predicted octanol–water partition coefficient (Wildman–Crippen LogP) is 4.61. The number of benzene rings is 2. The number of rotatable bonds is 5. The van der Waals surface area contributed by atoms with E-state index >= 15 is 0 Å². The Bertz CT molecular complexity index is 1480. The summed E-state index contributed by atoms with van der Waals surface area (Å²) in [7, 11) is 1.59. The lowest BCUT2D eigenvalue weighted by molar-refractivity contribution is 0.0683. The zero-order chi connectivity index (χ0) is 27.8. The number of carbonyl (C=O) groups excluding carboxylic acids is 2. The van der Waals surface area contributed by atoms with Gasteiger partial charge in [-0.2, -0.15) is 0 Å². The number of nitrogens with zero attached hydrogens (tertiary/aromatic N) is 3. The lowest BCUT2D eigenvalue weighted by Crippen LogP contribution is -2.47. The molecule has 3 atom stereocenters. The zero-order valence-electron chi connectivity index (χ0n) is 23.1. The second-order valence-corrected chi connectivity index (χ2v) is 11.5. The quantitative estimate of drug-likeness (QED) is 0.511. The number of pyridine rings is 1. The molecule has 0 spiro atoms. The molecule has 0 saturated carbocycles. The highest BCUT2D eigenvalue weighted by Crippen LogP contribution is 2.39. The summed E-state index contributed by atoms with van der Waals surface area (Å²) in [6, 6.07) is 18.2. The number of amides is 2. The van der Waals surface area contributed by atoms with Crippen molar-refractivity contribution in [2.45, 2.75) is 38.6 Å². The van der Waals surface area contributed by atoms with Gasteiger partial charge in [-0.05, 0) is 79.6 Å². The molecule has 8 heteroatoms. The Morgan fingerprint density at radius 3 is 2.52 bits per heavy atom. The van der Waals surface area contributed by atoms with Gasteiger partial charge in [-0.3, -0.25) is 14.4 Å². The summed E-state index contributed by atoms with van der Waals surface area (Å²) in [6.07, 6.45) is 3.18. The van der Waals surface area contributed by atoms with Gasteiger partial charge in [0.25, 0.3) is 17.4 Å².